The summed E-state index contributed by atoms with van der Waals surface area (Å²) in [6.07, 6.45) is -1.24. The molecule has 244 valence electrons. The Morgan fingerprint density at radius 3 is 2.26 bits per heavy atom. The van der Waals surface area contributed by atoms with Crippen molar-refractivity contribution in [2.24, 2.45) is 5.28 Å². The third-order valence-electron chi connectivity index (χ3n) is 7.17. The third kappa shape index (κ3) is 7.22. The lowest BCUT2D eigenvalue weighted by Gasteiger charge is -2.17. The van der Waals surface area contributed by atoms with Gasteiger partial charge in [-0.25, -0.2) is 27.5 Å². The number of aromatic nitrogens is 2. The van der Waals surface area contributed by atoms with Gasteiger partial charge in [-0.05, 0) is 63.2 Å². The number of hydrogen-bond acceptors (Lipinski definition) is 10. The van der Waals surface area contributed by atoms with Gasteiger partial charge < -0.3 is 14.8 Å². The minimum atomic E-state index is -4.28. The normalized spacial score (nSPS) is 13.0. The molecule has 4 aromatic rings. The van der Waals surface area contributed by atoms with Gasteiger partial charge in [-0.1, -0.05) is 42.0 Å². The van der Waals surface area contributed by atoms with Crippen LogP contribution < -0.4 is 4.72 Å². The molecule has 0 saturated carbocycles. The molecule has 1 aliphatic rings. The zero-order valence-corrected chi connectivity index (χ0v) is 26.5. The Kier molecular flexibility index (Phi) is 9.51. The van der Waals surface area contributed by atoms with E-state index < -0.39 is 34.7 Å². The molecule has 2 heterocycles. The van der Waals surface area contributed by atoms with E-state index in [2.05, 4.69) is 10.4 Å². The number of carbonyl (C=O) groups is 3. The first kappa shape index (κ1) is 32.6. The maximum atomic E-state index is 12.8. The van der Waals surface area contributed by atoms with Crippen LogP contribution in [0.1, 0.15) is 38.9 Å². The van der Waals surface area contributed by atoms with Gasteiger partial charge in [0, 0.05) is 5.56 Å². The number of nitrogens with zero attached hydrogens (tertiary/aromatic N) is 6. The number of ether oxygens (including phenoxy) is 1. The zero-order valence-electron chi connectivity index (χ0n) is 25.7. The Bertz CT molecular complexity index is 1910. The smallest absolute Gasteiger partial charge is 0.421 e. The van der Waals surface area contributed by atoms with E-state index in [-0.39, 0.29) is 40.7 Å². The number of benzene rings is 3. The van der Waals surface area contributed by atoms with Crippen LogP contribution in [0.25, 0.3) is 16.9 Å². The molecular formula is C31H31N7O8S. The maximum absolute atomic E-state index is 12.8. The van der Waals surface area contributed by atoms with Crippen molar-refractivity contribution in [3.05, 3.63) is 106 Å². The first-order chi connectivity index (χ1) is 22.5. The van der Waals surface area contributed by atoms with Crippen LogP contribution in [0.2, 0.25) is 0 Å². The molecule has 1 aliphatic heterocycles. The molecule has 0 bridgehead atoms. The van der Waals surface area contributed by atoms with E-state index in [0.717, 1.165) is 32.4 Å². The number of carbonyl (C=O) groups excluding carboxylic acids is 3. The number of fused-ring (bicyclic) bond motifs is 1. The van der Waals surface area contributed by atoms with Crippen LogP contribution in [0.3, 0.4) is 0 Å². The van der Waals surface area contributed by atoms with Crippen LogP contribution in [0.15, 0.2) is 89.0 Å². The van der Waals surface area contributed by atoms with E-state index in [1.165, 1.54) is 24.3 Å². The van der Waals surface area contributed by atoms with Crippen LogP contribution in [-0.4, -0.2) is 77.4 Å². The quantitative estimate of drug-likeness (QED) is 0.101. The van der Waals surface area contributed by atoms with Crippen molar-refractivity contribution >= 4 is 27.9 Å². The van der Waals surface area contributed by atoms with E-state index in [1.807, 2.05) is 48.9 Å². The van der Waals surface area contributed by atoms with Gasteiger partial charge in [0.1, 0.15) is 13.2 Å². The van der Waals surface area contributed by atoms with Gasteiger partial charge in [0.05, 0.1) is 44.6 Å². The highest BCUT2D eigenvalue weighted by atomic mass is 32.2. The number of amides is 3. The molecule has 47 heavy (non-hydrogen) atoms. The zero-order chi connectivity index (χ0) is 33.7. The van der Waals surface area contributed by atoms with Crippen LogP contribution >= 0.6 is 0 Å². The lowest BCUT2D eigenvalue weighted by Crippen LogP contribution is -2.37. The van der Waals surface area contributed by atoms with Crippen molar-refractivity contribution in [1.82, 2.24) is 24.4 Å². The number of imide groups is 1. The molecule has 0 fully saturated rings. The van der Waals surface area contributed by atoms with Crippen molar-refractivity contribution in [2.75, 3.05) is 26.4 Å². The van der Waals surface area contributed by atoms with Crippen LogP contribution in [0.4, 0.5) is 4.79 Å². The highest BCUT2D eigenvalue weighted by molar-refractivity contribution is 7.90. The molecule has 1 N–H and O–H groups in total. The number of nitrogens with one attached hydrogen (secondary N) is 1. The topological polar surface area (TPSA) is 179 Å². The molecule has 15 nitrogen and oxygen atoms in total. The summed E-state index contributed by atoms with van der Waals surface area (Å²) in [5.41, 5.74) is 4.75. The van der Waals surface area contributed by atoms with Crippen molar-refractivity contribution < 1.29 is 37.3 Å². The summed E-state index contributed by atoms with van der Waals surface area (Å²) >= 11 is 0. The number of aryl methyl sites for hydroxylation is 2. The lowest BCUT2D eigenvalue weighted by molar-refractivity contribution is -0.711. The summed E-state index contributed by atoms with van der Waals surface area (Å²) in [7, 11) is -4.28. The Hall–Kier alpha value is -5.77. The average molecular weight is 662 g/mol. The second kappa shape index (κ2) is 13.7. The van der Waals surface area contributed by atoms with E-state index in [9.17, 15) is 28.0 Å². The van der Waals surface area contributed by atoms with Gasteiger partial charge in [0.25, 0.3) is 21.8 Å². The fourth-order valence-electron chi connectivity index (χ4n) is 4.74. The molecule has 0 atom stereocenters. The first-order valence-corrected chi connectivity index (χ1v) is 15.9. The fourth-order valence-corrected chi connectivity index (χ4v) is 5.63. The first-order valence-electron chi connectivity index (χ1n) is 14.4. The summed E-state index contributed by atoms with van der Waals surface area (Å²) in [6, 6.07) is 22.0. The standard InChI is InChI=1S/C31H31N7O8S/c1-4-35(38(42)34-46-20-36-29(39)26-7-5-6-8-27(26)30(36)40)17-18-45-31(41)33-47(43,44)25-15-13-24(14-16-25)37-28(19-22(3)32-37)23-11-9-21(2)10-12-23/h5-16,19H,4,17-18,20H2,1-3H3,(H,33,41)/b38-34-. The summed E-state index contributed by atoms with van der Waals surface area (Å²) < 4.78 is 34.2. The number of rotatable bonds is 12. The van der Waals surface area contributed by atoms with Gasteiger partial charge in [-0.3, -0.25) is 9.59 Å². The van der Waals surface area contributed by atoms with Gasteiger partial charge >= 0.3 is 6.09 Å². The van der Waals surface area contributed by atoms with Gasteiger partial charge in [-0.15, -0.1) is 5.01 Å². The fraction of sp³-hybridized carbons (Fsp3) is 0.226. The van der Waals surface area contributed by atoms with Gasteiger partial charge in [0.2, 0.25) is 12.0 Å². The summed E-state index contributed by atoms with van der Waals surface area (Å²) in [5.74, 6) is -1.15. The van der Waals surface area contributed by atoms with Crippen molar-refractivity contribution in [1.29, 1.82) is 0 Å². The molecule has 16 heteroatoms. The molecular weight excluding hydrogens is 630 g/mol. The predicted octanol–water partition coefficient (Wildman–Crippen LogP) is 3.96. The van der Waals surface area contributed by atoms with Crippen LogP contribution in [0, 0.1) is 19.1 Å². The average Bonchev–Trinajstić information content (AvgIpc) is 3.56. The lowest BCUT2D eigenvalue weighted by atomic mass is 10.1. The Balaban J connectivity index is 1.12. The van der Waals surface area contributed by atoms with Crippen LogP contribution in [0.5, 0.6) is 0 Å². The molecule has 0 spiro atoms. The summed E-state index contributed by atoms with van der Waals surface area (Å²) in [4.78, 5) is 42.7. The van der Waals surface area contributed by atoms with E-state index in [1.54, 1.807) is 35.9 Å². The molecule has 0 aliphatic carbocycles. The Labute approximate surface area is 270 Å². The summed E-state index contributed by atoms with van der Waals surface area (Å²) in [6.45, 7) is 4.45. The summed E-state index contributed by atoms with van der Waals surface area (Å²) in [5, 5.41) is 21.3. The molecule has 3 amide bonds. The predicted molar refractivity (Wildman–Crippen MR) is 166 cm³/mol. The van der Waals surface area contributed by atoms with E-state index in [0.29, 0.717) is 5.69 Å². The van der Waals surface area contributed by atoms with E-state index >= 15 is 0 Å². The minimum absolute atomic E-state index is 0.0725. The molecule has 3 aromatic carbocycles. The van der Waals surface area contributed by atoms with Crippen molar-refractivity contribution in [3.8, 4) is 16.9 Å². The number of sulfonamides is 1. The maximum Gasteiger partial charge on any atom is 0.421 e. The van der Waals surface area contributed by atoms with Gasteiger partial charge in [0.15, 0.2) is 0 Å². The van der Waals surface area contributed by atoms with Crippen molar-refractivity contribution in [3.63, 3.8) is 0 Å². The third-order valence-corrected chi connectivity index (χ3v) is 8.50. The Morgan fingerprint density at radius 1 is 1.00 bits per heavy atom. The molecule has 1 aromatic heterocycles. The monoisotopic (exact) mass is 661 g/mol. The second-order valence-corrected chi connectivity index (χ2v) is 12.1. The SMILES string of the molecule is CCN(CCOC(=O)NS(=O)(=O)c1ccc(-n2nc(C)cc2-c2ccc(C)cc2)cc1)/[N+]([O-])=N/OCN1C(=O)c2ccccc2C1=O. The minimum Gasteiger partial charge on any atom is -0.569 e. The number of likely N-dealkylation sites (N-methyl/N-ethyl adjacent to an activating group) is 1. The molecule has 0 unspecified atom stereocenters. The molecule has 5 rings (SSSR count). The van der Waals surface area contributed by atoms with Crippen molar-refractivity contribution in [2.45, 2.75) is 25.7 Å². The molecule has 0 radical (unpaired) electrons. The Morgan fingerprint density at radius 2 is 1.64 bits per heavy atom. The highest BCUT2D eigenvalue weighted by Crippen LogP contribution is 2.25. The largest absolute Gasteiger partial charge is 0.569 e. The van der Waals surface area contributed by atoms with Gasteiger partial charge in [-0.2, -0.15) is 5.10 Å². The highest BCUT2D eigenvalue weighted by Gasteiger charge is 2.35. The van der Waals surface area contributed by atoms with Crippen LogP contribution in [-0.2, 0) is 19.6 Å². The number of hydrogen-bond donors (Lipinski definition) is 1. The van der Waals surface area contributed by atoms with E-state index in [4.69, 9.17) is 9.57 Å². The number of hydrazine groups is 1. The second-order valence-electron chi connectivity index (χ2n) is 10.4. The molecule has 0 saturated heterocycles.